The van der Waals surface area contributed by atoms with Crippen LogP contribution >= 0.6 is 0 Å². The number of carbonyl (C=O) groups excluding carboxylic acids is 1. The number of carboxylic acids is 1. The molecule has 2 aliphatic rings. The summed E-state index contributed by atoms with van der Waals surface area (Å²) in [5.41, 5.74) is 0. The predicted molar refractivity (Wildman–Crippen MR) is 62.7 cm³/mol. The van der Waals surface area contributed by atoms with Crippen LogP contribution in [0.25, 0.3) is 0 Å². The molecule has 2 fully saturated rings. The fourth-order valence-electron chi connectivity index (χ4n) is 1.90. The van der Waals surface area contributed by atoms with Gasteiger partial charge < -0.3 is 15.3 Å². The highest BCUT2D eigenvalue weighted by atomic mass is 16.4. The van der Waals surface area contributed by atoms with Gasteiger partial charge in [0.2, 0.25) is 0 Å². The van der Waals surface area contributed by atoms with E-state index in [0.717, 1.165) is 25.2 Å². The third kappa shape index (κ3) is 4.63. The van der Waals surface area contributed by atoms with Gasteiger partial charge in [0.1, 0.15) is 6.54 Å². The van der Waals surface area contributed by atoms with Gasteiger partial charge in [-0.25, -0.2) is 4.79 Å². The molecule has 17 heavy (non-hydrogen) atoms. The summed E-state index contributed by atoms with van der Waals surface area (Å²) in [4.78, 5) is 23.9. The van der Waals surface area contributed by atoms with E-state index in [-0.39, 0.29) is 12.6 Å². The molecule has 0 saturated heterocycles. The zero-order chi connectivity index (χ0) is 12.3. The molecule has 5 heteroatoms. The SMILES string of the molecule is O=C(O)CN(CC1CC1)C(=O)NCCC1CC1. The first-order valence-electron chi connectivity index (χ1n) is 6.39. The van der Waals surface area contributed by atoms with E-state index >= 15 is 0 Å². The van der Waals surface area contributed by atoms with Crippen molar-refractivity contribution in [3.05, 3.63) is 0 Å². The first kappa shape index (κ1) is 12.2. The van der Waals surface area contributed by atoms with E-state index in [1.165, 1.54) is 17.7 Å². The van der Waals surface area contributed by atoms with Crippen molar-refractivity contribution in [1.82, 2.24) is 10.2 Å². The zero-order valence-electron chi connectivity index (χ0n) is 10.0. The Morgan fingerprint density at radius 3 is 2.35 bits per heavy atom. The molecule has 2 amide bonds. The summed E-state index contributed by atoms with van der Waals surface area (Å²) in [5, 5.41) is 11.6. The zero-order valence-corrected chi connectivity index (χ0v) is 10.0. The molecule has 0 atom stereocenters. The Hall–Kier alpha value is -1.26. The van der Waals surface area contributed by atoms with Gasteiger partial charge in [0, 0.05) is 13.1 Å². The number of nitrogens with one attached hydrogen (secondary N) is 1. The van der Waals surface area contributed by atoms with Crippen LogP contribution in [-0.2, 0) is 4.79 Å². The Balaban J connectivity index is 1.70. The van der Waals surface area contributed by atoms with Gasteiger partial charge in [0.25, 0.3) is 0 Å². The number of hydrogen-bond donors (Lipinski definition) is 2. The van der Waals surface area contributed by atoms with Gasteiger partial charge in [0.15, 0.2) is 0 Å². The maximum absolute atomic E-state index is 11.8. The molecule has 2 rings (SSSR count). The first-order valence-corrected chi connectivity index (χ1v) is 6.39. The minimum Gasteiger partial charge on any atom is -0.480 e. The van der Waals surface area contributed by atoms with Gasteiger partial charge in [-0.2, -0.15) is 0 Å². The summed E-state index contributed by atoms with van der Waals surface area (Å²) in [7, 11) is 0. The molecule has 0 heterocycles. The molecule has 2 aliphatic carbocycles. The minimum atomic E-state index is -0.942. The Bertz CT molecular complexity index is 298. The van der Waals surface area contributed by atoms with Crippen LogP contribution in [0.5, 0.6) is 0 Å². The second-order valence-electron chi connectivity index (χ2n) is 5.18. The smallest absolute Gasteiger partial charge is 0.323 e. The van der Waals surface area contributed by atoms with E-state index in [4.69, 9.17) is 5.11 Å². The molecule has 5 nitrogen and oxygen atoms in total. The van der Waals surface area contributed by atoms with Gasteiger partial charge in [-0.3, -0.25) is 4.79 Å². The summed E-state index contributed by atoms with van der Waals surface area (Å²) in [6, 6.07) is -0.222. The topological polar surface area (TPSA) is 69.6 Å². The van der Waals surface area contributed by atoms with Crippen molar-refractivity contribution in [2.45, 2.75) is 32.1 Å². The average Bonchev–Trinajstić information content (AvgIpc) is 3.10. The summed E-state index contributed by atoms with van der Waals surface area (Å²) < 4.78 is 0. The highest BCUT2D eigenvalue weighted by Crippen LogP contribution is 2.32. The standard InChI is InChI=1S/C12H20N2O3/c15-11(16)8-14(7-10-3-4-10)12(17)13-6-5-9-1-2-9/h9-10H,1-8H2,(H,13,17)(H,15,16). The van der Waals surface area contributed by atoms with Crippen LogP contribution in [0.2, 0.25) is 0 Å². The van der Waals surface area contributed by atoms with Gasteiger partial charge in [0.05, 0.1) is 0 Å². The molecule has 96 valence electrons. The lowest BCUT2D eigenvalue weighted by molar-refractivity contribution is -0.137. The summed E-state index contributed by atoms with van der Waals surface area (Å²) >= 11 is 0. The molecule has 2 saturated carbocycles. The van der Waals surface area contributed by atoms with E-state index in [0.29, 0.717) is 19.0 Å². The highest BCUT2D eigenvalue weighted by Gasteiger charge is 2.28. The Kier molecular flexibility index (Phi) is 3.86. The van der Waals surface area contributed by atoms with Gasteiger partial charge in [-0.1, -0.05) is 12.8 Å². The largest absolute Gasteiger partial charge is 0.480 e. The quantitative estimate of drug-likeness (QED) is 0.704. The van der Waals surface area contributed by atoms with E-state index in [9.17, 15) is 9.59 Å². The fourth-order valence-corrected chi connectivity index (χ4v) is 1.90. The Morgan fingerprint density at radius 1 is 1.18 bits per heavy atom. The molecular formula is C12H20N2O3. The van der Waals surface area contributed by atoms with E-state index < -0.39 is 5.97 Å². The molecule has 0 bridgehead atoms. The predicted octanol–water partition coefficient (Wildman–Crippen LogP) is 1.29. The van der Waals surface area contributed by atoms with Crippen LogP contribution in [0.1, 0.15) is 32.1 Å². The number of rotatable bonds is 7. The Labute approximate surface area is 101 Å². The normalized spacial score (nSPS) is 18.8. The second kappa shape index (κ2) is 5.38. The number of carbonyl (C=O) groups is 2. The van der Waals surface area contributed by atoms with E-state index in [1.54, 1.807) is 0 Å². The van der Waals surface area contributed by atoms with Gasteiger partial charge in [-0.15, -0.1) is 0 Å². The van der Waals surface area contributed by atoms with Crippen molar-refractivity contribution >= 4 is 12.0 Å². The molecule has 0 unspecified atom stereocenters. The molecule has 0 aliphatic heterocycles. The van der Waals surface area contributed by atoms with Gasteiger partial charge >= 0.3 is 12.0 Å². The highest BCUT2D eigenvalue weighted by molar-refractivity contribution is 5.80. The first-order chi connectivity index (χ1) is 8.15. The fraction of sp³-hybridized carbons (Fsp3) is 0.833. The van der Waals surface area contributed by atoms with Crippen molar-refractivity contribution in [3.8, 4) is 0 Å². The summed E-state index contributed by atoms with van der Waals surface area (Å²) in [6.07, 6.45) is 5.81. The van der Waals surface area contributed by atoms with Gasteiger partial charge in [-0.05, 0) is 31.1 Å². The molecule has 0 radical (unpaired) electrons. The maximum Gasteiger partial charge on any atom is 0.323 e. The number of nitrogens with zero attached hydrogens (tertiary/aromatic N) is 1. The monoisotopic (exact) mass is 240 g/mol. The summed E-state index contributed by atoms with van der Waals surface area (Å²) in [5.74, 6) is 0.359. The number of carboxylic acid groups (broad SMARTS) is 1. The lowest BCUT2D eigenvalue weighted by Gasteiger charge is -2.21. The molecule has 0 spiro atoms. The lowest BCUT2D eigenvalue weighted by atomic mass is 10.3. The molecule has 0 aromatic carbocycles. The van der Waals surface area contributed by atoms with Crippen molar-refractivity contribution in [3.63, 3.8) is 0 Å². The van der Waals surface area contributed by atoms with Crippen LogP contribution in [0, 0.1) is 11.8 Å². The van der Waals surface area contributed by atoms with Crippen LogP contribution in [-0.4, -0.2) is 41.6 Å². The van der Waals surface area contributed by atoms with Crippen LogP contribution in [0.15, 0.2) is 0 Å². The van der Waals surface area contributed by atoms with E-state index in [1.807, 2.05) is 0 Å². The van der Waals surface area contributed by atoms with Crippen molar-refractivity contribution < 1.29 is 14.7 Å². The number of hydrogen-bond acceptors (Lipinski definition) is 2. The van der Waals surface area contributed by atoms with Crippen LogP contribution in [0.3, 0.4) is 0 Å². The van der Waals surface area contributed by atoms with Crippen LogP contribution < -0.4 is 5.32 Å². The Morgan fingerprint density at radius 2 is 1.82 bits per heavy atom. The second-order valence-corrected chi connectivity index (χ2v) is 5.18. The molecule has 2 N–H and O–H groups in total. The number of urea groups is 1. The average molecular weight is 240 g/mol. The number of aliphatic carboxylic acids is 1. The third-order valence-electron chi connectivity index (χ3n) is 3.31. The molecule has 0 aromatic rings. The molecule has 0 aromatic heterocycles. The molecular weight excluding hydrogens is 220 g/mol. The van der Waals surface area contributed by atoms with Crippen molar-refractivity contribution in [2.24, 2.45) is 11.8 Å². The van der Waals surface area contributed by atoms with E-state index in [2.05, 4.69) is 5.32 Å². The minimum absolute atomic E-state index is 0.189. The van der Waals surface area contributed by atoms with Crippen LogP contribution in [0.4, 0.5) is 4.79 Å². The maximum atomic E-state index is 11.8. The number of amides is 2. The summed E-state index contributed by atoms with van der Waals surface area (Å²) in [6.45, 7) is 1.07. The third-order valence-corrected chi connectivity index (χ3v) is 3.31. The lowest BCUT2D eigenvalue weighted by Crippen LogP contribution is -2.44. The van der Waals surface area contributed by atoms with Crippen molar-refractivity contribution in [1.29, 1.82) is 0 Å². The van der Waals surface area contributed by atoms with Crippen molar-refractivity contribution in [2.75, 3.05) is 19.6 Å².